The first-order valence-corrected chi connectivity index (χ1v) is 10.1. The van der Waals surface area contributed by atoms with Gasteiger partial charge < -0.3 is 9.88 Å². The van der Waals surface area contributed by atoms with Gasteiger partial charge in [0.1, 0.15) is 0 Å². The van der Waals surface area contributed by atoms with Crippen LogP contribution in [-0.2, 0) is 6.42 Å². The van der Waals surface area contributed by atoms with Crippen LogP contribution >= 0.6 is 11.8 Å². The molecule has 1 aromatic carbocycles. The van der Waals surface area contributed by atoms with E-state index < -0.39 is 0 Å². The summed E-state index contributed by atoms with van der Waals surface area (Å²) in [6.07, 6.45) is 5.62. The van der Waals surface area contributed by atoms with Crippen LogP contribution in [-0.4, -0.2) is 33.8 Å². The molecule has 0 radical (unpaired) electrons. The molecule has 0 spiro atoms. The fraction of sp³-hybridized carbons (Fsp3) is 0.400. The summed E-state index contributed by atoms with van der Waals surface area (Å²) in [4.78, 5) is 16.8. The maximum Gasteiger partial charge on any atom is 0.225 e. The molecule has 0 unspecified atom stereocenters. The van der Waals surface area contributed by atoms with Crippen molar-refractivity contribution >= 4 is 28.6 Å². The first kappa shape index (κ1) is 15.3. The normalized spacial score (nSPS) is 18.0. The van der Waals surface area contributed by atoms with Gasteiger partial charge in [-0.05, 0) is 37.3 Å². The van der Waals surface area contributed by atoms with Gasteiger partial charge in [-0.3, -0.25) is 0 Å². The second-order valence-electron chi connectivity index (χ2n) is 7.03. The molecular weight excluding hydrogens is 328 g/mol. The Bertz CT molecular complexity index is 925. The van der Waals surface area contributed by atoms with Crippen LogP contribution in [0.1, 0.15) is 35.7 Å². The molecule has 4 nitrogen and oxygen atoms in total. The largest absolute Gasteiger partial charge is 0.361 e. The monoisotopic (exact) mass is 350 g/mol. The van der Waals surface area contributed by atoms with Crippen molar-refractivity contribution in [3.8, 4) is 0 Å². The van der Waals surface area contributed by atoms with E-state index in [1.807, 2.05) is 11.8 Å². The van der Waals surface area contributed by atoms with Gasteiger partial charge in [0.05, 0.1) is 16.3 Å². The molecule has 25 heavy (non-hydrogen) atoms. The number of anilines is 1. The summed E-state index contributed by atoms with van der Waals surface area (Å²) in [5.74, 6) is 2.71. The summed E-state index contributed by atoms with van der Waals surface area (Å²) in [6, 6.07) is 8.62. The van der Waals surface area contributed by atoms with E-state index in [2.05, 4.69) is 47.3 Å². The molecule has 1 fully saturated rings. The number of hydrogen-bond acceptors (Lipinski definition) is 4. The second kappa shape index (κ2) is 6.06. The minimum Gasteiger partial charge on any atom is -0.361 e. The molecule has 3 aromatic rings. The summed E-state index contributed by atoms with van der Waals surface area (Å²) in [7, 11) is 0. The summed E-state index contributed by atoms with van der Waals surface area (Å²) in [6.45, 7) is 4.20. The number of aromatic amines is 1. The van der Waals surface area contributed by atoms with Crippen LogP contribution in [0.3, 0.4) is 0 Å². The number of nitrogens with zero attached hydrogens (tertiary/aromatic N) is 3. The van der Waals surface area contributed by atoms with Crippen LogP contribution in [0, 0.1) is 6.92 Å². The van der Waals surface area contributed by atoms with E-state index in [1.165, 1.54) is 27.1 Å². The summed E-state index contributed by atoms with van der Waals surface area (Å²) < 4.78 is 0. The lowest BCUT2D eigenvalue weighted by atomic mass is 9.89. The van der Waals surface area contributed by atoms with Crippen molar-refractivity contribution in [3.63, 3.8) is 0 Å². The Morgan fingerprint density at radius 3 is 2.88 bits per heavy atom. The first-order chi connectivity index (χ1) is 12.3. The SMILES string of the molecule is Cc1nc(N2CCC(c3c[nH]c4ccccc34)CC2)nc2c1SCC2. The van der Waals surface area contributed by atoms with Crippen LogP contribution < -0.4 is 4.90 Å². The highest BCUT2D eigenvalue weighted by molar-refractivity contribution is 7.99. The fourth-order valence-electron chi connectivity index (χ4n) is 4.18. The van der Waals surface area contributed by atoms with Gasteiger partial charge in [-0.1, -0.05) is 18.2 Å². The predicted molar refractivity (Wildman–Crippen MR) is 104 cm³/mol. The fourth-order valence-corrected chi connectivity index (χ4v) is 5.25. The zero-order valence-corrected chi connectivity index (χ0v) is 15.3. The van der Waals surface area contributed by atoms with Gasteiger partial charge in [0.2, 0.25) is 5.95 Å². The lowest BCUT2D eigenvalue weighted by Crippen LogP contribution is -2.34. The van der Waals surface area contributed by atoms with E-state index >= 15 is 0 Å². The highest BCUT2D eigenvalue weighted by Crippen LogP contribution is 2.36. The van der Waals surface area contributed by atoms with Crippen LogP contribution in [0.4, 0.5) is 5.95 Å². The number of aromatic nitrogens is 3. The Hall–Kier alpha value is -2.01. The lowest BCUT2D eigenvalue weighted by Gasteiger charge is -2.32. The molecule has 0 bridgehead atoms. The van der Waals surface area contributed by atoms with E-state index in [1.54, 1.807) is 0 Å². The molecule has 1 saturated heterocycles. The van der Waals surface area contributed by atoms with Crippen molar-refractivity contribution in [1.82, 2.24) is 15.0 Å². The molecule has 2 aliphatic heterocycles. The maximum absolute atomic E-state index is 4.86. The zero-order valence-electron chi connectivity index (χ0n) is 14.5. The van der Waals surface area contributed by atoms with Crippen molar-refractivity contribution < 1.29 is 0 Å². The molecular formula is C20H22N4S. The summed E-state index contributed by atoms with van der Waals surface area (Å²) in [5, 5.41) is 1.38. The van der Waals surface area contributed by atoms with Crippen LogP contribution in [0.25, 0.3) is 10.9 Å². The Morgan fingerprint density at radius 1 is 1.16 bits per heavy atom. The highest BCUT2D eigenvalue weighted by Gasteiger charge is 2.26. The molecule has 2 aliphatic rings. The molecule has 128 valence electrons. The van der Waals surface area contributed by atoms with Crippen LogP contribution in [0.2, 0.25) is 0 Å². The van der Waals surface area contributed by atoms with Gasteiger partial charge in [0.25, 0.3) is 0 Å². The number of H-pyrrole nitrogens is 1. The van der Waals surface area contributed by atoms with Crippen LogP contribution in [0.5, 0.6) is 0 Å². The molecule has 1 N–H and O–H groups in total. The Morgan fingerprint density at radius 2 is 2.00 bits per heavy atom. The van der Waals surface area contributed by atoms with E-state index in [0.29, 0.717) is 5.92 Å². The predicted octanol–water partition coefficient (Wildman–Crippen LogP) is 4.30. The van der Waals surface area contributed by atoms with Crippen molar-refractivity contribution in [2.24, 2.45) is 0 Å². The molecule has 2 aromatic heterocycles. The third kappa shape index (κ3) is 2.61. The molecule has 5 heteroatoms. The van der Waals surface area contributed by atoms with Gasteiger partial charge in [-0.25, -0.2) is 9.97 Å². The van der Waals surface area contributed by atoms with E-state index in [9.17, 15) is 0 Å². The topological polar surface area (TPSA) is 44.8 Å². The third-order valence-corrected chi connectivity index (χ3v) is 6.75. The molecule has 5 rings (SSSR count). The smallest absolute Gasteiger partial charge is 0.225 e. The summed E-state index contributed by atoms with van der Waals surface area (Å²) in [5.41, 5.74) is 5.13. The van der Waals surface area contributed by atoms with Gasteiger partial charge >= 0.3 is 0 Å². The van der Waals surface area contributed by atoms with E-state index in [-0.39, 0.29) is 0 Å². The number of thioether (sulfide) groups is 1. The number of para-hydroxylation sites is 1. The second-order valence-corrected chi connectivity index (χ2v) is 8.14. The summed E-state index contributed by atoms with van der Waals surface area (Å²) >= 11 is 1.90. The van der Waals surface area contributed by atoms with Crippen molar-refractivity contribution in [1.29, 1.82) is 0 Å². The maximum atomic E-state index is 4.86. The van der Waals surface area contributed by atoms with E-state index in [0.717, 1.165) is 49.7 Å². The molecule has 0 saturated carbocycles. The number of piperidine rings is 1. The minimum absolute atomic E-state index is 0.624. The van der Waals surface area contributed by atoms with Crippen molar-refractivity contribution in [2.75, 3.05) is 23.7 Å². The van der Waals surface area contributed by atoms with Crippen molar-refractivity contribution in [2.45, 2.75) is 37.0 Å². The first-order valence-electron chi connectivity index (χ1n) is 9.11. The standard InChI is InChI=1S/C20H22N4S/c1-13-19-18(8-11-25-19)23-20(22-13)24-9-6-14(7-10-24)16-12-21-17-5-3-2-4-15(16)17/h2-5,12,14,21H,6-11H2,1H3. The number of aryl methyl sites for hydroxylation is 2. The van der Waals surface area contributed by atoms with E-state index in [4.69, 9.17) is 9.97 Å². The number of benzene rings is 1. The van der Waals surface area contributed by atoms with Gasteiger partial charge in [0, 0.05) is 42.4 Å². The Balaban J connectivity index is 1.36. The third-order valence-electron chi connectivity index (χ3n) is 5.52. The molecule has 0 amide bonds. The van der Waals surface area contributed by atoms with Gasteiger partial charge in [0.15, 0.2) is 0 Å². The van der Waals surface area contributed by atoms with Gasteiger partial charge in [-0.15, -0.1) is 11.8 Å². The van der Waals surface area contributed by atoms with Gasteiger partial charge in [-0.2, -0.15) is 0 Å². The van der Waals surface area contributed by atoms with Crippen molar-refractivity contribution in [3.05, 3.63) is 47.4 Å². The highest BCUT2D eigenvalue weighted by atomic mass is 32.2. The van der Waals surface area contributed by atoms with Crippen LogP contribution in [0.15, 0.2) is 35.4 Å². The lowest BCUT2D eigenvalue weighted by molar-refractivity contribution is 0.500. The Labute approximate surface area is 152 Å². The number of fused-ring (bicyclic) bond motifs is 2. The Kier molecular flexibility index (Phi) is 3.70. The quantitative estimate of drug-likeness (QED) is 0.748. The zero-order chi connectivity index (χ0) is 16.8. The molecule has 0 atom stereocenters. The average molecular weight is 350 g/mol. The number of nitrogens with one attached hydrogen (secondary N) is 1. The number of hydrogen-bond donors (Lipinski definition) is 1. The molecule has 0 aliphatic carbocycles. The molecule has 4 heterocycles. The minimum atomic E-state index is 0.624. The number of rotatable bonds is 2. The average Bonchev–Trinajstić information content (AvgIpc) is 3.29.